The average molecular weight is 482 g/mol. The summed E-state index contributed by atoms with van der Waals surface area (Å²) < 4.78 is 67.7. The highest BCUT2D eigenvalue weighted by molar-refractivity contribution is 7.89. The van der Waals surface area contributed by atoms with Crippen LogP contribution >= 0.6 is 0 Å². The van der Waals surface area contributed by atoms with Crippen LogP contribution in [0.25, 0.3) is 5.82 Å². The molecule has 3 aromatic rings. The molecular formula is C20H21F3N6O3S. The molecule has 0 amide bonds. The summed E-state index contributed by atoms with van der Waals surface area (Å²) in [5.41, 5.74) is 0.0654. The zero-order valence-corrected chi connectivity index (χ0v) is 18.2. The van der Waals surface area contributed by atoms with Crippen molar-refractivity contribution in [2.45, 2.75) is 42.4 Å². The number of hydrogen-bond donors (Lipinski definition) is 3. The lowest BCUT2D eigenvalue weighted by molar-refractivity contribution is -0.138. The predicted octanol–water partition coefficient (Wildman–Crippen LogP) is 2.96. The van der Waals surface area contributed by atoms with Crippen LogP contribution in [0.1, 0.15) is 36.3 Å². The van der Waals surface area contributed by atoms with Gasteiger partial charge >= 0.3 is 6.18 Å². The summed E-state index contributed by atoms with van der Waals surface area (Å²) in [6, 6.07) is 5.58. The lowest BCUT2D eigenvalue weighted by Gasteiger charge is -2.13. The second-order valence-corrected chi connectivity index (χ2v) is 9.55. The summed E-state index contributed by atoms with van der Waals surface area (Å²) in [7, 11) is -2.34. The topological polar surface area (TPSA) is 122 Å². The van der Waals surface area contributed by atoms with E-state index in [4.69, 9.17) is 0 Å². The first kappa shape index (κ1) is 23.1. The fourth-order valence-corrected chi connectivity index (χ4v) is 4.43. The van der Waals surface area contributed by atoms with Crippen LogP contribution in [0.5, 0.6) is 0 Å². The number of sulfonamides is 1. The van der Waals surface area contributed by atoms with E-state index < -0.39 is 33.7 Å². The maximum Gasteiger partial charge on any atom is 0.421 e. The summed E-state index contributed by atoms with van der Waals surface area (Å²) in [6.07, 6.45) is 0.425. The minimum Gasteiger partial charge on any atom is -0.393 e. The summed E-state index contributed by atoms with van der Waals surface area (Å²) in [5.74, 6) is -0.537. The molecule has 0 bridgehead atoms. The molecule has 9 nitrogen and oxygen atoms in total. The Kier molecular flexibility index (Phi) is 6.12. The maximum absolute atomic E-state index is 13.6. The lowest BCUT2D eigenvalue weighted by Crippen LogP contribution is -2.18. The largest absolute Gasteiger partial charge is 0.421 e. The number of rotatable bonds is 6. The van der Waals surface area contributed by atoms with Gasteiger partial charge < -0.3 is 10.4 Å². The fourth-order valence-electron chi connectivity index (χ4n) is 3.70. The number of aliphatic hydroxyl groups excluding tert-OH is 1. The monoisotopic (exact) mass is 482 g/mol. The molecule has 4 rings (SSSR count). The van der Waals surface area contributed by atoms with Crippen molar-refractivity contribution in [1.82, 2.24) is 24.5 Å². The van der Waals surface area contributed by atoms with Gasteiger partial charge in [-0.05, 0) is 62.1 Å². The molecule has 2 heterocycles. The zero-order chi connectivity index (χ0) is 23.8. The number of halogens is 3. The molecule has 176 valence electrons. The Bertz CT molecular complexity index is 1240. The van der Waals surface area contributed by atoms with E-state index in [0.29, 0.717) is 24.7 Å². The molecule has 2 atom stereocenters. The summed E-state index contributed by atoms with van der Waals surface area (Å²) in [6.45, 7) is 0. The molecule has 2 aromatic heterocycles. The number of nitrogens with zero attached hydrogens (tertiary/aromatic N) is 4. The van der Waals surface area contributed by atoms with Gasteiger partial charge in [-0.1, -0.05) is 0 Å². The van der Waals surface area contributed by atoms with E-state index in [1.54, 1.807) is 0 Å². The summed E-state index contributed by atoms with van der Waals surface area (Å²) in [4.78, 5) is 7.82. The van der Waals surface area contributed by atoms with Crippen molar-refractivity contribution >= 4 is 21.7 Å². The van der Waals surface area contributed by atoms with Crippen molar-refractivity contribution < 1.29 is 26.7 Å². The molecule has 0 aliphatic heterocycles. The molecule has 1 aromatic carbocycles. The van der Waals surface area contributed by atoms with Crippen molar-refractivity contribution in [1.29, 1.82) is 0 Å². The van der Waals surface area contributed by atoms with Crippen LogP contribution in [0.2, 0.25) is 0 Å². The second-order valence-electron chi connectivity index (χ2n) is 7.67. The van der Waals surface area contributed by atoms with Gasteiger partial charge in [0.25, 0.3) is 0 Å². The molecule has 0 unspecified atom stereocenters. The van der Waals surface area contributed by atoms with Gasteiger partial charge in [-0.3, -0.25) is 0 Å². The van der Waals surface area contributed by atoms with E-state index in [1.165, 1.54) is 43.7 Å². The number of nitrogens with one attached hydrogen (secondary N) is 2. The molecule has 13 heteroatoms. The van der Waals surface area contributed by atoms with Gasteiger partial charge in [0.05, 0.1) is 17.2 Å². The van der Waals surface area contributed by atoms with E-state index in [0.717, 1.165) is 16.7 Å². The number of aliphatic hydroxyl groups is 1. The number of aromatic nitrogens is 4. The van der Waals surface area contributed by atoms with Gasteiger partial charge in [0.15, 0.2) is 5.82 Å². The van der Waals surface area contributed by atoms with Crippen LogP contribution in [-0.2, 0) is 16.2 Å². The Morgan fingerprint density at radius 1 is 1.15 bits per heavy atom. The Morgan fingerprint density at radius 2 is 1.88 bits per heavy atom. The second kappa shape index (κ2) is 8.72. The van der Waals surface area contributed by atoms with Gasteiger partial charge in [-0.25, -0.2) is 22.8 Å². The molecular weight excluding hydrogens is 461 g/mol. The third-order valence-corrected chi connectivity index (χ3v) is 6.89. The van der Waals surface area contributed by atoms with Crippen molar-refractivity contribution in [3.05, 3.63) is 54.0 Å². The number of hydrogen-bond acceptors (Lipinski definition) is 7. The van der Waals surface area contributed by atoms with Crippen LogP contribution in [0.15, 0.2) is 47.8 Å². The normalized spacial score (nSPS) is 19.1. The molecule has 3 N–H and O–H groups in total. The van der Waals surface area contributed by atoms with E-state index in [9.17, 15) is 26.7 Å². The number of alkyl halides is 3. The molecule has 0 spiro atoms. The van der Waals surface area contributed by atoms with Crippen molar-refractivity contribution in [3.63, 3.8) is 0 Å². The van der Waals surface area contributed by atoms with E-state index in [1.807, 2.05) is 0 Å². The fraction of sp³-hybridized carbons (Fsp3) is 0.350. The predicted molar refractivity (Wildman–Crippen MR) is 113 cm³/mol. The van der Waals surface area contributed by atoms with Gasteiger partial charge in [0, 0.05) is 18.1 Å². The molecule has 1 aliphatic carbocycles. The van der Waals surface area contributed by atoms with E-state index in [2.05, 4.69) is 25.1 Å². The molecule has 33 heavy (non-hydrogen) atoms. The first-order valence-electron chi connectivity index (χ1n) is 10.0. The minimum absolute atomic E-state index is 0.0231. The molecule has 0 saturated heterocycles. The van der Waals surface area contributed by atoms with Gasteiger partial charge in [-0.2, -0.15) is 23.3 Å². The van der Waals surface area contributed by atoms with Crippen LogP contribution < -0.4 is 10.0 Å². The Labute approximate surface area is 187 Å². The third kappa shape index (κ3) is 4.99. The highest BCUT2D eigenvalue weighted by Crippen LogP contribution is 2.36. The SMILES string of the molecule is CNS(=O)(=O)c1ccc(Nc2ncc(C(F)(F)F)c(-n3cc([C@H]4CC[C@H](O)C4)cn3)n2)cc1. The Morgan fingerprint density at radius 3 is 2.48 bits per heavy atom. The standard InChI is InChI=1S/C20H21F3N6O3S/c1-24-33(31,32)16-6-3-14(4-7-16)27-19-25-10-17(20(21,22)23)18(28-19)29-11-13(9-26-29)12-2-5-15(30)8-12/h3-4,6-7,9-12,15,24,30H,2,5,8H2,1H3,(H,25,27,28)/t12-,15-/m0/s1. The van der Waals surface area contributed by atoms with Gasteiger partial charge in [-0.15, -0.1) is 0 Å². The van der Waals surface area contributed by atoms with Crippen molar-refractivity contribution in [2.75, 3.05) is 12.4 Å². The van der Waals surface area contributed by atoms with Crippen LogP contribution in [0.4, 0.5) is 24.8 Å². The van der Waals surface area contributed by atoms with Crippen LogP contribution in [0.3, 0.4) is 0 Å². The highest BCUT2D eigenvalue weighted by Gasteiger charge is 2.36. The van der Waals surface area contributed by atoms with Crippen LogP contribution in [-0.4, -0.2) is 46.4 Å². The van der Waals surface area contributed by atoms with Gasteiger partial charge in [0.2, 0.25) is 16.0 Å². The summed E-state index contributed by atoms with van der Waals surface area (Å²) in [5, 5.41) is 16.6. The quantitative estimate of drug-likeness (QED) is 0.494. The Balaban J connectivity index is 1.64. The highest BCUT2D eigenvalue weighted by atomic mass is 32.2. The number of benzene rings is 1. The molecule has 0 radical (unpaired) electrons. The van der Waals surface area contributed by atoms with Gasteiger partial charge in [0.1, 0.15) is 5.56 Å². The lowest BCUT2D eigenvalue weighted by atomic mass is 10.0. The summed E-state index contributed by atoms with van der Waals surface area (Å²) >= 11 is 0. The maximum atomic E-state index is 13.6. The van der Waals surface area contributed by atoms with Crippen molar-refractivity contribution in [3.8, 4) is 5.82 Å². The van der Waals surface area contributed by atoms with Crippen LogP contribution in [0, 0.1) is 0 Å². The van der Waals surface area contributed by atoms with E-state index in [-0.39, 0.29) is 16.8 Å². The van der Waals surface area contributed by atoms with E-state index >= 15 is 0 Å². The third-order valence-electron chi connectivity index (χ3n) is 5.46. The zero-order valence-electron chi connectivity index (χ0n) is 17.4. The molecule has 1 saturated carbocycles. The molecule has 1 aliphatic rings. The first-order valence-corrected chi connectivity index (χ1v) is 11.5. The molecule has 1 fully saturated rings. The number of anilines is 2. The Hall–Kier alpha value is -3.03. The average Bonchev–Trinajstić information content (AvgIpc) is 3.42. The van der Waals surface area contributed by atoms with Crippen molar-refractivity contribution in [2.24, 2.45) is 0 Å². The minimum atomic E-state index is -4.70. The smallest absolute Gasteiger partial charge is 0.393 e. The first-order chi connectivity index (χ1) is 15.6.